The zero-order valence-corrected chi connectivity index (χ0v) is 14.9. The first kappa shape index (κ1) is 17.6. The van der Waals surface area contributed by atoms with Crippen molar-refractivity contribution in [3.8, 4) is 11.4 Å². The number of carbonyl (C=O) groups is 1. The predicted molar refractivity (Wildman–Crippen MR) is 92.8 cm³/mol. The van der Waals surface area contributed by atoms with Crippen molar-refractivity contribution in [3.63, 3.8) is 0 Å². The fourth-order valence-electron chi connectivity index (χ4n) is 2.99. The van der Waals surface area contributed by atoms with E-state index in [0.29, 0.717) is 36.1 Å². The SMILES string of the molecule is Cc1nc(-c2cccc(NC(=O)C3(S(C)(=O)=O)CCNCC3)c2)no1. The van der Waals surface area contributed by atoms with Crippen LogP contribution in [0.15, 0.2) is 28.8 Å². The van der Waals surface area contributed by atoms with Gasteiger partial charge in [-0.25, -0.2) is 8.42 Å². The molecule has 0 bridgehead atoms. The molecule has 0 saturated carbocycles. The normalized spacial score (nSPS) is 17.2. The van der Waals surface area contributed by atoms with Gasteiger partial charge in [0.1, 0.15) is 0 Å². The Hall–Kier alpha value is -2.26. The lowest BCUT2D eigenvalue weighted by molar-refractivity contribution is -0.119. The van der Waals surface area contributed by atoms with Gasteiger partial charge in [0.15, 0.2) is 14.6 Å². The standard InChI is InChI=1S/C16H20N4O4S/c1-11-18-14(20-24-11)12-4-3-5-13(10-12)19-15(21)16(25(2,22)23)6-8-17-9-7-16/h3-5,10,17H,6-9H2,1-2H3,(H,19,21). The Morgan fingerprint density at radius 3 is 2.64 bits per heavy atom. The molecule has 1 aromatic carbocycles. The average Bonchev–Trinajstić information content (AvgIpc) is 3.01. The molecule has 8 nitrogen and oxygen atoms in total. The fraction of sp³-hybridized carbons (Fsp3) is 0.438. The highest BCUT2D eigenvalue weighted by Gasteiger charge is 2.48. The highest BCUT2D eigenvalue weighted by molar-refractivity contribution is 7.92. The zero-order chi connectivity index (χ0) is 18.1. The molecule has 1 fully saturated rings. The molecule has 1 aliphatic heterocycles. The maximum Gasteiger partial charge on any atom is 0.245 e. The summed E-state index contributed by atoms with van der Waals surface area (Å²) >= 11 is 0. The van der Waals surface area contributed by atoms with Gasteiger partial charge in [0, 0.05) is 24.4 Å². The quantitative estimate of drug-likeness (QED) is 0.836. The van der Waals surface area contributed by atoms with Gasteiger partial charge in [-0.3, -0.25) is 4.79 Å². The van der Waals surface area contributed by atoms with Gasteiger partial charge in [-0.15, -0.1) is 0 Å². The lowest BCUT2D eigenvalue weighted by atomic mass is 9.95. The lowest BCUT2D eigenvalue weighted by Crippen LogP contribution is -2.55. The topological polar surface area (TPSA) is 114 Å². The van der Waals surface area contributed by atoms with Gasteiger partial charge in [-0.2, -0.15) is 4.98 Å². The average molecular weight is 364 g/mol. The van der Waals surface area contributed by atoms with Crippen LogP contribution in [0.3, 0.4) is 0 Å². The van der Waals surface area contributed by atoms with Gasteiger partial charge >= 0.3 is 0 Å². The molecule has 1 amide bonds. The third kappa shape index (κ3) is 3.42. The van der Waals surface area contributed by atoms with Gasteiger partial charge in [0.05, 0.1) is 0 Å². The van der Waals surface area contributed by atoms with E-state index in [2.05, 4.69) is 20.8 Å². The van der Waals surface area contributed by atoms with E-state index in [-0.39, 0.29) is 12.8 Å². The lowest BCUT2D eigenvalue weighted by Gasteiger charge is -2.34. The monoisotopic (exact) mass is 364 g/mol. The van der Waals surface area contributed by atoms with E-state index in [4.69, 9.17) is 4.52 Å². The van der Waals surface area contributed by atoms with Gasteiger partial charge in [0.2, 0.25) is 17.6 Å². The van der Waals surface area contributed by atoms with Crippen molar-refractivity contribution >= 4 is 21.4 Å². The molecule has 25 heavy (non-hydrogen) atoms. The number of rotatable bonds is 4. The van der Waals surface area contributed by atoms with Crippen molar-refractivity contribution in [1.82, 2.24) is 15.5 Å². The number of nitrogens with one attached hydrogen (secondary N) is 2. The van der Waals surface area contributed by atoms with Crippen molar-refractivity contribution in [2.45, 2.75) is 24.5 Å². The van der Waals surface area contributed by atoms with Crippen LogP contribution in [0.4, 0.5) is 5.69 Å². The molecule has 9 heteroatoms. The van der Waals surface area contributed by atoms with E-state index >= 15 is 0 Å². The maximum atomic E-state index is 12.8. The smallest absolute Gasteiger partial charge is 0.245 e. The molecular weight excluding hydrogens is 344 g/mol. The molecule has 2 aromatic rings. The predicted octanol–water partition coefficient (Wildman–Crippen LogP) is 1.15. The first-order valence-corrected chi connectivity index (χ1v) is 9.83. The van der Waals surface area contributed by atoms with Crippen LogP contribution in [0.1, 0.15) is 18.7 Å². The number of amides is 1. The molecule has 1 aromatic heterocycles. The Kier molecular flexibility index (Phi) is 4.61. The van der Waals surface area contributed by atoms with Gasteiger partial charge in [-0.1, -0.05) is 17.3 Å². The van der Waals surface area contributed by atoms with E-state index < -0.39 is 20.5 Å². The minimum atomic E-state index is -3.56. The molecule has 0 atom stereocenters. The van der Waals surface area contributed by atoms with Gasteiger partial charge < -0.3 is 15.2 Å². The van der Waals surface area contributed by atoms with Crippen LogP contribution >= 0.6 is 0 Å². The van der Waals surface area contributed by atoms with Crippen LogP contribution in [-0.4, -0.2) is 48.6 Å². The summed E-state index contributed by atoms with van der Waals surface area (Å²) in [6.07, 6.45) is 1.62. The molecule has 0 spiro atoms. The second kappa shape index (κ2) is 6.57. The summed E-state index contributed by atoms with van der Waals surface area (Å²) in [4.78, 5) is 17.0. The number of hydrogen-bond donors (Lipinski definition) is 2. The first-order chi connectivity index (χ1) is 11.8. The van der Waals surface area contributed by atoms with Crippen LogP contribution in [0.2, 0.25) is 0 Å². The van der Waals surface area contributed by atoms with E-state index in [0.717, 1.165) is 6.26 Å². The van der Waals surface area contributed by atoms with Crippen molar-refractivity contribution in [3.05, 3.63) is 30.2 Å². The second-order valence-corrected chi connectivity index (χ2v) is 8.51. The molecule has 1 saturated heterocycles. The third-order valence-corrected chi connectivity index (χ3v) is 6.45. The largest absolute Gasteiger partial charge is 0.339 e. The number of hydrogen-bond acceptors (Lipinski definition) is 7. The van der Waals surface area contributed by atoms with Crippen molar-refractivity contribution in [1.29, 1.82) is 0 Å². The molecule has 3 rings (SSSR count). The summed E-state index contributed by atoms with van der Waals surface area (Å²) in [5.41, 5.74) is 1.17. The summed E-state index contributed by atoms with van der Waals surface area (Å²) in [5.74, 6) is 0.349. The summed E-state index contributed by atoms with van der Waals surface area (Å²) in [7, 11) is -3.56. The van der Waals surface area contributed by atoms with E-state index in [9.17, 15) is 13.2 Å². The molecule has 0 radical (unpaired) electrons. The summed E-state index contributed by atoms with van der Waals surface area (Å²) < 4.78 is 28.2. The highest BCUT2D eigenvalue weighted by Crippen LogP contribution is 2.30. The maximum absolute atomic E-state index is 12.8. The Morgan fingerprint density at radius 2 is 2.04 bits per heavy atom. The molecule has 134 valence electrons. The van der Waals surface area contributed by atoms with E-state index in [1.54, 1.807) is 31.2 Å². The molecule has 0 aliphatic carbocycles. The third-order valence-electron chi connectivity index (χ3n) is 4.44. The Balaban J connectivity index is 1.87. The molecule has 1 aliphatic rings. The number of aryl methyl sites for hydroxylation is 1. The molecular formula is C16H20N4O4S. The minimum absolute atomic E-state index is 0.251. The van der Waals surface area contributed by atoms with E-state index in [1.165, 1.54) is 0 Å². The number of carbonyl (C=O) groups excluding carboxylic acids is 1. The Morgan fingerprint density at radius 1 is 1.32 bits per heavy atom. The Bertz CT molecular complexity index is 885. The summed E-state index contributed by atoms with van der Waals surface area (Å²) in [5, 5.41) is 9.68. The van der Waals surface area contributed by atoms with Crippen LogP contribution < -0.4 is 10.6 Å². The van der Waals surface area contributed by atoms with Gasteiger partial charge in [-0.05, 0) is 38.1 Å². The number of piperidine rings is 1. The summed E-state index contributed by atoms with van der Waals surface area (Å²) in [6, 6.07) is 6.92. The molecule has 2 heterocycles. The zero-order valence-electron chi connectivity index (χ0n) is 14.1. The fourth-order valence-corrected chi connectivity index (χ4v) is 4.33. The van der Waals surface area contributed by atoms with Crippen LogP contribution in [0.25, 0.3) is 11.4 Å². The van der Waals surface area contributed by atoms with Gasteiger partial charge in [0.25, 0.3) is 0 Å². The number of sulfone groups is 1. The molecule has 2 N–H and O–H groups in total. The van der Waals surface area contributed by atoms with Crippen molar-refractivity contribution in [2.75, 3.05) is 24.7 Å². The number of anilines is 1. The van der Waals surface area contributed by atoms with E-state index in [1.807, 2.05) is 0 Å². The van der Waals surface area contributed by atoms with Crippen molar-refractivity contribution < 1.29 is 17.7 Å². The van der Waals surface area contributed by atoms with Crippen LogP contribution in [0.5, 0.6) is 0 Å². The summed E-state index contributed by atoms with van der Waals surface area (Å²) in [6.45, 7) is 2.67. The first-order valence-electron chi connectivity index (χ1n) is 7.94. The van der Waals surface area contributed by atoms with Crippen molar-refractivity contribution in [2.24, 2.45) is 0 Å². The molecule has 0 unspecified atom stereocenters. The highest BCUT2D eigenvalue weighted by atomic mass is 32.2. The minimum Gasteiger partial charge on any atom is -0.339 e. The van der Waals surface area contributed by atoms with Crippen LogP contribution in [-0.2, 0) is 14.6 Å². The number of benzene rings is 1. The number of nitrogens with zero attached hydrogens (tertiary/aromatic N) is 2. The Labute approximate surface area is 145 Å². The number of aromatic nitrogens is 2. The second-order valence-electron chi connectivity index (χ2n) is 6.19. The van der Waals surface area contributed by atoms with Crippen LogP contribution in [0, 0.1) is 6.92 Å².